The highest BCUT2D eigenvalue weighted by molar-refractivity contribution is 7.80. The molecule has 564 valence electrons. The Morgan fingerprint density at radius 2 is 0.769 bits per heavy atom. The number of para-hydroxylation sites is 1. The summed E-state index contributed by atoms with van der Waals surface area (Å²) in [6.07, 6.45) is -0.0856. The number of amides is 12. The zero-order valence-electron chi connectivity index (χ0n) is 59.5. The van der Waals surface area contributed by atoms with Crippen molar-refractivity contribution >= 4 is 100 Å². The molecule has 0 unspecified atom stereocenters. The van der Waals surface area contributed by atoms with Gasteiger partial charge in [-0.05, 0) is 83.2 Å². The topological polar surface area (TPSA) is 503 Å². The van der Waals surface area contributed by atoms with E-state index in [1.165, 1.54) is 55.5 Å². The quantitative estimate of drug-likeness (QED) is 0.0218. The van der Waals surface area contributed by atoms with Gasteiger partial charge in [-0.25, -0.2) is 4.79 Å². The van der Waals surface area contributed by atoms with Crippen LogP contribution in [-0.2, 0) is 88.0 Å². The van der Waals surface area contributed by atoms with Crippen molar-refractivity contribution in [2.24, 2.45) is 35.1 Å². The van der Waals surface area contributed by atoms with Crippen LogP contribution in [-0.4, -0.2) is 187 Å². The number of nitrogens with one attached hydrogen (secondary N) is 12. The lowest BCUT2D eigenvalue weighted by Crippen LogP contribution is -2.62. The van der Waals surface area contributed by atoms with Gasteiger partial charge in [-0.15, -0.1) is 0 Å². The van der Waals surface area contributed by atoms with Crippen molar-refractivity contribution in [1.82, 2.24) is 63.5 Å². The average molecular weight is 1460 g/mol. The Morgan fingerprint density at radius 1 is 0.423 bits per heavy atom. The number of aliphatic hydroxyl groups excluding tert-OH is 1. The zero-order valence-corrected chi connectivity index (χ0v) is 60.4. The minimum atomic E-state index is -1.90. The molecule has 4 aromatic carbocycles. The van der Waals surface area contributed by atoms with E-state index < -0.39 is 186 Å². The maximum Gasteiger partial charge on any atom is 0.327 e. The molecule has 0 saturated carbocycles. The number of phenolic OH excluding ortho intramolecular Hbond substituents is 2. The monoisotopic (exact) mass is 1460 g/mol. The Bertz CT molecular complexity index is 3800. The number of carboxylic acids is 1. The third kappa shape index (κ3) is 25.4. The fraction of sp³-hybridized carbons (Fsp3) is 0.458. The number of hydrogen-bond acceptors (Lipinski definition) is 18. The Labute approximate surface area is 607 Å². The van der Waals surface area contributed by atoms with E-state index in [9.17, 15) is 73.2 Å². The summed E-state index contributed by atoms with van der Waals surface area (Å²) in [6.45, 7) is 13.5. The van der Waals surface area contributed by atoms with Gasteiger partial charge >= 0.3 is 5.97 Å². The number of phenols is 2. The molecule has 0 aliphatic heterocycles. The van der Waals surface area contributed by atoms with E-state index in [0.29, 0.717) is 33.2 Å². The zero-order chi connectivity index (χ0) is 77.2. The third-order valence-corrected chi connectivity index (χ3v) is 17.6. The number of thiol groups is 1. The van der Waals surface area contributed by atoms with Crippen molar-refractivity contribution in [3.63, 3.8) is 0 Å². The predicted molar refractivity (Wildman–Crippen MR) is 387 cm³/mol. The molecule has 0 spiro atoms. The van der Waals surface area contributed by atoms with Crippen LogP contribution in [0.25, 0.3) is 10.9 Å². The second-order valence-corrected chi connectivity index (χ2v) is 27.0. The van der Waals surface area contributed by atoms with E-state index in [0.717, 1.165) is 0 Å². The summed E-state index contributed by atoms with van der Waals surface area (Å²) >= 11 is 3.92. The predicted octanol–water partition coefficient (Wildman–Crippen LogP) is -0.574. The van der Waals surface area contributed by atoms with Gasteiger partial charge in [0.05, 0.1) is 19.1 Å². The molecule has 0 fully saturated rings. The molecule has 0 aliphatic carbocycles. The summed E-state index contributed by atoms with van der Waals surface area (Å²) in [5.74, 6) is -15.9. The van der Waals surface area contributed by atoms with Crippen LogP contribution in [0.1, 0.15) is 97.4 Å². The van der Waals surface area contributed by atoms with E-state index in [-0.39, 0.29) is 49.4 Å². The van der Waals surface area contributed by atoms with E-state index in [1.54, 1.807) is 116 Å². The molecule has 0 bridgehead atoms. The van der Waals surface area contributed by atoms with Crippen molar-refractivity contribution in [3.8, 4) is 11.5 Å². The van der Waals surface area contributed by atoms with Crippen molar-refractivity contribution in [2.75, 3.05) is 12.4 Å². The minimum Gasteiger partial charge on any atom is -0.508 e. The first-order valence-corrected chi connectivity index (χ1v) is 34.8. The summed E-state index contributed by atoms with van der Waals surface area (Å²) in [7, 11) is 0. The number of nitrogens with two attached hydrogens (primary N) is 2. The van der Waals surface area contributed by atoms with E-state index in [2.05, 4.69) is 76.1 Å². The summed E-state index contributed by atoms with van der Waals surface area (Å²) in [6, 6.07) is 9.04. The van der Waals surface area contributed by atoms with Gasteiger partial charge in [-0.2, -0.15) is 12.6 Å². The van der Waals surface area contributed by atoms with Crippen LogP contribution in [0.3, 0.4) is 0 Å². The highest BCUT2D eigenvalue weighted by Crippen LogP contribution is 2.22. The molecular weight excluding hydrogens is 1360 g/mol. The van der Waals surface area contributed by atoms with Gasteiger partial charge < -0.3 is 95.4 Å². The second-order valence-electron chi connectivity index (χ2n) is 26.6. The van der Waals surface area contributed by atoms with Crippen molar-refractivity contribution in [1.29, 1.82) is 0 Å². The molecule has 32 heteroatoms. The molecule has 31 nitrogen and oxygen atoms in total. The fourth-order valence-electron chi connectivity index (χ4n) is 10.9. The highest BCUT2D eigenvalue weighted by atomic mass is 32.1. The molecule has 0 aliphatic rings. The van der Waals surface area contributed by atoms with Gasteiger partial charge in [-0.3, -0.25) is 57.5 Å². The van der Waals surface area contributed by atoms with Crippen LogP contribution in [0.2, 0.25) is 0 Å². The largest absolute Gasteiger partial charge is 0.508 e. The number of benzene rings is 4. The number of aromatic hydroxyl groups is 2. The Morgan fingerprint density at radius 3 is 1.19 bits per heavy atom. The van der Waals surface area contributed by atoms with E-state index in [4.69, 9.17) is 11.5 Å². The molecular formula is C72H98N14O17S. The number of carbonyl (C=O) groups excluding carboxylic acids is 12. The van der Waals surface area contributed by atoms with E-state index >= 15 is 9.59 Å². The van der Waals surface area contributed by atoms with Gasteiger partial charge in [-0.1, -0.05) is 135 Å². The third-order valence-electron chi connectivity index (χ3n) is 17.3. The normalized spacial score (nSPS) is 15.1. The SMILES string of the molecule is CC[C@H](C)[C@H](NC(=O)[C@H](Cc1ccc(O)cc1)NC(=O)[C@H](Cc1ccc(O)cc1)NC(=O)[C@H](CC(N)=O)NC(=O)[C@H](Cc1c[nH]c2ccccc12)NC(=O)[C@@H](NC(=O)[C@H](Cc1ccccc1)NC(=O)[C@@H](NC(=O)[C@H](C)N)C(C)C)C(C)C)C(=O)N[C@H](C(=O)N[C@@H](CO)C(=O)N[C@@H](CS)C(=O)O)C(C)C. The van der Waals surface area contributed by atoms with Crippen molar-refractivity contribution in [3.05, 3.63) is 132 Å². The maximum absolute atomic E-state index is 15.1. The van der Waals surface area contributed by atoms with Crippen LogP contribution in [0.15, 0.2) is 109 Å². The summed E-state index contributed by atoms with van der Waals surface area (Å²) in [4.78, 5) is 185. The lowest BCUT2D eigenvalue weighted by molar-refractivity contribution is -0.142. The number of aliphatic carboxylic acids is 1. The number of carboxylic acid groups (broad SMARTS) is 1. The number of carbonyl (C=O) groups is 13. The van der Waals surface area contributed by atoms with Gasteiger partial charge in [0.15, 0.2) is 0 Å². The van der Waals surface area contributed by atoms with Crippen LogP contribution in [0.4, 0.5) is 0 Å². The summed E-state index contributed by atoms with van der Waals surface area (Å²) in [5, 5.41) is 69.0. The number of fused-ring (bicyclic) bond motifs is 1. The Kier molecular flexibility index (Phi) is 32.6. The van der Waals surface area contributed by atoms with Crippen LogP contribution in [0.5, 0.6) is 11.5 Å². The van der Waals surface area contributed by atoms with Crippen molar-refractivity contribution < 1.29 is 82.8 Å². The lowest BCUT2D eigenvalue weighted by Gasteiger charge is -2.30. The molecule has 20 N–H and O–H groups in total. The van der Waals surface area contributed by atoms with Crippen LogP contribution < -0.4 is 70.0 Å². The van der Waals surface area contributed by atoms with Gasteiger partial charge in [0.2, 0.25) is 70.9 Å². The van der Waals surface area contributed by atoms with Crippen LogP contribution >= 0.6 is 12.6 Å². The summed E-state index contributed by atoms with van der Waals surface area (Å²) in [5.41, 5.74) is 14.0. The number of hydrogen-bond donors (Lipinski definition) is 19. The first-order valence-electron chi connectivity index (χ1n) is 34.1. The molecule has 0 saturated heterocycles. The Hall–Kier alpha value is -10.6. The lowest BCUT2D eigenvalue weighted by atomic mass is 9.95. The van der Waals surface area contributed by atoms with Crippen LogP contribution in [0, 0.1) is 23.7 Å². The number of rotatable bonds is 40. The molecule has 12 amide bonds. The minimum absolute atomic E-state index is 0.0678. The molecule has 13 atom stereocenters. The highest BCUT2D eigenvalue weighted by Gasteiger charge is 2.39. The standard InChI is InChI=1S/C72H98N14O17S/c1-10-39(8)60(71(101)85-59(38(6)7)70(100)81-54(34-87)67(97)82-55(35-104)72(102)103)86-66(96)50(30-43-22-26-46(89)27-23-43)77-62(92)49(29-42-20-24-45(88)25-21-42)76-64(94)53(32-56(74)90)78-63(93)52(31-44-33-75-48-19-15-14-18-47(44)48)80-69(99)58(37(4)5)84-65(95)51(28-41-16-12-11-13-17-41)79-68(98)57(36(2)3)83-61(91)40(9)73/h11-27,33,36-40,49-55,57-60,75,87-89,104H,10,28-32,34-35,73H2,1-9H3,(H2,74,90)(H,76,94)(H,77,92)(H,78,93)(H,79,98)(H,80,99)(H,81,100)(H,82,97)(H,83,91)(H,84,95)(H,85,101)(H,86,96)(H,102,103)/t39-,40-,49-,50-,51-,52-,53-,54-,55-,57-,58-,59-,60-/m0/s1. The maximum atomic E-state index is 15.1. The second kappa shape index (κ2) is 40.3. The Balaban J connectivity index is 1.48. The van der Waals surface area contributed by atoms with Gasteiger partial charge in [0, 0.05) is 48.5 Å². The number of aromatic amines is 1. The molecule has 1 heterocycles. The molecule has 104 heavy (non-hydrogen) atoms. The van der Waals surface area contributed by atoms with Crippen molar-refractivity contribution in [2.45, 2.75) is 173 Å². The smallest absolute Gasteiger partial charge is 0.327 e. The molecule has 5 rings (SSSR count). The number of aromatic nitrogens is 1. The molecule has 0 radical (unpaired) electrons. The number of aliphatic hydroxyl groups is 1. The average Bonchev–Trinajstić information content (AvgIpc) is 1.50. The summed E-state index contributed by atoms with van der Waals surface area (Å²) < 4.78 is 0. The first kappa shape index (κ1) is 84.1. The molecule has 5 aromatic rings. The van der Waals surface area contributed by atoms with E-state index in [1.807, 2.05) is 0 Å². The molecule has 1 aromatic heterocycles. The van der Waals surface area contributed by atoms with Gasteiger partial charge in [0.25, 0.3) is 0 Å². The van der Waals surface area contributed by atoms with Gasteiger partial charge in [0.1, 0.15) is 78.0 Å². The first-order chi connectivity index (χ1) is 49.1. The number of H-pyrrole nitrogens is 1. The number of primary amides is 1. The fourth-order valence-corrected chi connectivity index (χ4v) is 11.2.